The molecule has 4 aromatic carbocycles. The number of hydrogen-bond acceptors (Lipinski definition) is 3. The number of aryl methyl sites for hydroxylation is 1. The monoisotopic (exact) mass is 468 g/mol. The predicted molar refractivity (Wildman–Crippen MR) is 121 cm³/mol. The molecule has 0 saturated heterocycles. The summed E-state index contributed by atoms with van der Waals surface area (Å²) in [5, 5.41) is 0. The maximum atomic E-state index is 13.9. The lowest BCUT2D eigenvalue weighted by Gasteiger charge is -2.11. The second kappa shape index (κ2) is 9.87. The van der Waals surface area contributed by atoms with Gasteiger partial charge < -0.3 is 14.2 Å². The highest BCUT2D eigenvalue weighted by atomic mass is 19.4. The van der Waals surface area contributed by atoms with Crippen molar-refractivity contribution >= 4 is 0 Å². The van der Waals surface area contributed by atoms with Crippen molar-refractivity contribution in [2.75, 3.05) is 6.79 Å². The molecule has 4 rings (SSSR count). The van der Waals surface area contributed by atoms with Crippen LogP contribution in [0.25, 0.3) is 22.3 Å². The van der Waals surface area contributed by atoms with Crippen LogP contribution in [0.4, 0.5) is 17.6 Å². The summed E-state index contributed by atoms with van der Waals surface area (Å²) in [6, 6.07) is 25.9. The Morgan fingerprint density at radius 1 is 0.618 bits per heavy atom. The smallest absolute Gasteiger partial charge is 0.458 e. The highest BCUT2D eigenvalue weighted by Gasteiger charge is 2.32. The molecule has 3 nitrogen and oxygen atoms in total. The third-order valence-corrected chi connectivity index (χ3v) is 5.04. The van der Waals surface area contributed by atoms with Crippen LogP contribution in [-0.2, 0) is 0 Å². The lowest BCUT2D eigenvalue weighted by atomic mass is 10.0. The van der Waals surface area contributed by atoms with Gasteiger partial charge in [0.05, 0.1) is 0 Å². The Morgan fingerprint density at radius 2 is 1.06 bits per heavy atom. The van der Waals surface area contributed by atoms with E-state index in [0.717, 1.165) is 23.3 Å². The fraction of sp³-hybridized carbons (Fsp3) is 0.111. The van der Waals surface area contributed by atoms with Gasteiger partial charge in [0.15, 0.2) is 11.6 Å². The minimum atomic E-state index is -4.95. The van der Waals surface area contributed by atoms with Crippen molar-refractivity contribution in [1.29, 1.82) is 0 Å². The Bertz CT molecular complexity index is 1230. The van der Waals surface area contributed by atoms with Crippen molar-refractivity contribution in [1.82, 2.24) is 0 Å². The van der Waals surface area contributed by atoms with E-state index in [1.165, 1.54) is 11.6 Å². The molecule has 0 aromatic heterocycles. The molecule has 0 N–H and O–H groups in total. The molecule has 34 heavy (non-hydrogen) atoms. The van der Waals surface area contributed by atoms with Crippen molar-refractivity contribution in [2.24, 2.45) is 0 Å². The van der Waals surface area contributed by atoms with E-state index >= 15 is 0 Å². The first-order valence-corrected chi connectivity index (χ1v) is 10.4. The second-order valence-corrected chi connectivity index (χ2v) is 7.51. The fourth-order valence-corrected chi connectivity index (χ4v) is 3.29. The third kappa shape index (κ3) is 6.07. The van der Waals surface area contributed by atoms with Gasteiger partial charge in [0.25, 0.3) is 0 Å². The van der Waals surface area contributed by atoms with Crippen molar-refractivity contribution < 1.29 is 31.8 Å². The molecule has 0 aliphatic carbocycles. The summed E-state index contributed by atoms with van der Waals surface area (Å²) in [7, 11) is 0. The van der Waals surface area contributed by atoms with Gasteiger partial charge in [-0.05, 0) is 65.6 Å². The molecule has 0 unspecified atom stereocenters. The van der Waals surface area contributed by atoms with Crippen molar-refractivity contribution in [3.8, 4) is 39.5 Å². The highest BCUT2D eigenvalue weighted by molar-refractivity contribution is 5.65. The zero-order valence-corrected chi connectivity index (χ0v) is 18.1. The normalized spacial score (nSPS) is 11.2. The zero-order valence-electron chi connectivity index (χ0n) is 18.1. The molecule has 0 heterocycles. The van der Waals surface area contributed by atoms with Gasteiger partial charge in [-0.25, -0.2) is 4.39 Å². The Labute approximate surface area is 194 Å². The highest BCUT2D eigenvalue weighted by Crippen LogP contribution is 2.30. The van der Waals surface area contributed by atoms with Crippen molar-refractivity contribution in [3.05, 3.63) is 102 Å². The molecule has 0 bridgehead atoms. The molecule has 0 aliphatic rings. The molecule has 0 aliphatic heterocycles. The standard InChI is InChI=1S/C27H20F4O3/c1-18-2-4-19(5-3-18)20-6-11-23(12-7-20)32-17-33-24-13-8-21(9-14-24)22-10-15-26(25(28)16-22)34-27(29,30)31/h2-16H,17H2,1H3. The lowest BCUT2D eigenvalue weighted by molar-refractivity contribution is -0.275. The molecular formula is C27H20F4O3. The van der Waals surface area contributed by atoms with Crippen molar-refractivity contribution in [2.45, 2.75) is 13.3 Å². The number of hydrogen-bond donors (Lipinski definition) is 0. The maximum Gasteiger partial charge on any atom is 0.573 e. The van der Waals surface area contributed by atoms with E-state index in [9.17, 15) is 17.6 Å². The maximum absolute atomic E-state index is 13.9. The Kier molecular flexibility index (Phi) is 6.72. The molecular weight excluding hydrogens is 448 g/mol. The van der Waals surface area contributed by atoms with Crippen LogP contribution < -0.4 is 14.2 Å². The minimum Gasteiger partial charge on any atom is -0.458 e. The van der Waals surface area contributed by atoms with Gasteiger partial charge in [-0.3, -0.25) is 0 Å². The van der Waals surface area contributed by atoms with Gasteiger partial charge in [-0.15, -0.1) is 13.2 Å². The SMILES string of the molecule is Cc1ccc(-c2ccc(OCOc3ccc(-c4ccc(OC(F)(F)F)c(F)c4)cc3)cc2)cc1. The van der Waals surface area contributed by atoms with E-state index in [1.54, 1.807) is 24.3 Å². The van der Waals surface area contributed by atoms with Crippen LogP contribution in [0.15, 0.2) is 91.0 Å². The van der Waals surface area contributed by atoms with Crippen LogP contribution in [-0.4, -0.2) is 13.2 Å². The quantitative estimate of drug-likeness (QED) is 0.205. The number of benzene rings is 4. The van der Waals surface area contributed by atoms with E-state index in [2.05, 4.69) is 29.0 Å². The second-order valence-electron chi connectivity index (χ2n) is 7.51. The average molecular weight is 468 g/mol. The summed E-state index contributed by atoms with van der Waals surface area (Å²) in [4.78, 5) is 0. The van der Waals surface area contributed by atoms with E-state index < -0.39 is 17.9 Å². The van der Waals surface area contributed by atoms with Crippen LogP contribution in [0.1, 0.15) is 5.56 Å². The molecule has 4 aromatic rings. The largest absolute Gasteiger partial charge is 0.573 e. The van der Waals surface area contributed by atoms with Crippen LogP contribution in [0.2, 0.25) is 0 Å². The van der Waals surface area contributed by atoms with Crippen LogP contribution in [0.3, 0.4) is 0 Å². The molecule has 174 valence electrons. The number of rotatable bonds is 7. The first-order chi connectivity index (χ1) is 16.3. The number of halogens is 4. The topological polar surface area (TPSA) is 27.7 Å². The summed E-state index contributed by atoms with van der Waals surface area (Å²) in [5.74, 6) is -0.793. The Hall–Kier alpha value is -4.00. The molecule has 0 radical (unpaired) electrons. The van der Waals surface area contributed by atoms with Crippen molar-refractivity contribution in [3.63, 3.8) is 0 Å². The summed E-state index contributed by atoms with van der Waals surface area (Å²) in [5.41, 5.74) is 4.42. The Balaban J connectivity index is 1.32. The van der Waals surface area contributed by atoms with Gasteiger partial charge in [-0.2, -0.15) is 0 Å². The summed E-state index contributed by atoms with van der Waals surface area (Å²) < 4.78 is 65.7. The van der Waals surface area contributed by atoms with Gasteiger partial charge >= 0.3 is 6.36 Å². The fourth-order valence-electron chi connectivity index (χ4n) is 3.29. The predicted octanol–water partition coefficient (Wildman–Crippen LogP) is 7.78. The number of alkyl halides is 3. The molecule has 0 saturated carbocycles. The van der Waals surface area contributed by atoms with Gasteiger partial charge in [0.2, 0.25) is 6.79 Å². The van der Waals surface area contributed by atoms with Crippen LogP contribution >= 0.6 is 0 Å². The Morgan fingerprint density at radius 3 is 1.53 bits per heavy atom. The van der Waals surface area contributed by atoms with Gasteiger partial charge in [-0.1, -0.05) is 60.2 Å². The first kappa shape index (κ1) is 23.2. The lowest BCUT2D eigenvalue weighted by Crippen LogP contribution is -2.17. The molecule has 0 amide bonds. The molecule has 7 heteroatoms. The van der Waals surface area contributed by atoms with Crippen LogP contribution in [0, 0.1) is 12.7 Å². The van der Waals surface area contributed by atoms with Gasteiger partial charge in [0, 0.05) is 0 Å². The zero-order chi connectivity index (χ0) is 24.1. The third-order valence-electron chi connectivity index (χ3n) is 5.04. The minimum absolute atomic E-state index is 0.0126. The summed E-state index contributed by atoms with van der Waals surface area (Å²) in [6.45, 7) is 2.03. The van der Waals surface area contributed by atoms with Crippen LogP contribution in [0.5, 0.6) is 17.2 Å². The van der Waals surface area contributed by atoms with E-state index in [1.807, 2.05) is 31.2 Å². The molecule has 0 fully saturated rings. The molecule has 0 atom stereocenters. The summed E-state index contributed by atoms with van der Waals surface area (Å²) in [6.07, 6.45) is -4.95. The van der Waals surface area contributed by atoms with E-state index in [-0.39, 0.29) is 6.79 Å². The van der Waals surface area contributed by atoms with E-state index in [0.29, 0.717) is 22.6 Å². The first-order valence-electron chi connectivity index (χ1n) is 10.4. The molecule has 0 spiro atoms. The summed E-state index contributed by atoms with van der Waals surface area (Å²) >= 11 is 0. The van der Waals surface area contributed by atoms with Gasteiger partial charge in [0.1, 0.15) is 11.5 Å². The number of ether oxygens (including phenoxy) is 3. The average Bonchev–Trinajstić information content (AvgIpc) is 2.81. The van der Waals surface area contributed by atoms with E-state index in [4.69, 9.17) is 9.47 Å².